The number of fused-ring (bicyclic) bond motifs is 1. The van der Waals surface area contributed by atoms with Gasteiger partial charge in [0.2, 0.25) is 5.91 Å². The van der Waals surface area contributed by atoms with Crippen molar-refractivity contribution in [3.8, 4) is 28.1 Å². The van der Waals surface area contributed by atoms with Gasteiger partial charge < -0.3 is 14.7 Å². The van der Waals surface area contributed by atoms with Gasteiger partial charge in [0.1, 0.15) is 28.8 Å². The molecule has 0 spiro atoms. The molecule has 1 fully saturated rings. The van der Waals surface area contributed by atoms with Gasteiger partial charge in [-0.3, -0.25) is 19.3 Å². The lowest BCUT2D eigenvalue weighted by Crippen LogP contribution is -2.24. The first-order valence-corrected chi connectivity index (χ1v) is 14.0. The number of amides is 1. The number of carbonyl (C=O) groups excluding carboxylic acids is 1. The van der Waals surface area contributed by atoms with Crippen LogP contribution in [-0.4, -0.2) is 63.8 Å². The maximum absolute atomic E-state index is 13.5. The zero-order valence-corrected chi connectivity index (χ0v) is 23.9. The van der Waals surface area contributed by atoms with E-state index >= 15 is 0 Å². The second-order valence-electron chi connectivity index (χ2n) is 9.86. The molecule has 0 saturated carbocycles. The van der Waals surface area contributed by atoms with Crippen molar-refractivity contribution in [1.82, 2.24) is 39.7 Å². The number of nitrogens with one attached hydrogen (secondary N) is 1. The molecule has 218 valence electrons. The predicted octanol–water partition coefficient (Wildman–Crippen LogP) is 3.95. The van der Waals surface area contributed by atoms with E-state index in [1.807, 2.05) is 18.2 Å². The van der Waals surface area contributed by atoms with E-state index in [0.29, 0.717) is 59.0 Å². The van der Waals surface area contributed by atoms with Crippen molar-refractivity contribution in [2.24, 2.45) is 0 Å². The van der Waals surface area contributed by atoms with E-state index in [1.165, 1.54) is 11.0 Å². The van der Waals surface area contributed by atoms with Crippen LogP contribution in [0.2, 0.25) is 10.2 Å². The summed E-state index contributed by atoms with van der Waals surface area (Å²) >= 11 is 12.9. The molecule has 4 aromatic heterocycles. The second kappa shape index (κ2) is 11.8. The fourth-order valence-electron chi connectivity index (χ4n) is 5.51. The molecule has 0 unspecified atom stereocenters. The summed E-state index contributed by atoms with van der Waals surface area (Å²) in [6.45, 7) is 0.423. The molecule has 6 heterocycles. The summed E-state index contributed by atoms with van der Waals surface area (Å²) in [6, 6.07) is 12.3. The molecule has 1 saturated heterocycles. The van der Waals surface area contributed by atoms with Crippen molar-refractivity contribution in [2.75, 3.05) is 11.4 Å². The zero-order chi connectivity index (χ0) is 30.1. The number of imidazole rings is 1. The molecule has 1 aromatic carbocycles. The minimum Gasteiger partial charge on any atom is -0.483 e. The Morgan fingerprint density at radius 3 is 2.58 bits per heavy atom. The summed E-state index contributed by atoms with van der Waals surface area (Å²) in [7, 11) is 0. The van der Waals surface area contributed by atoms with Crippen LogP contribution in [0.5, 0.6) is 0 Å². The number of aromatic nitrogens is 8. The van der Waals surface area contributed by atoms with Crippen LogP contribution in [0.3, 0.4) is 0 Å². The van der Waals surface area contributed by atoms with Crippen molar-refractivity contribution < 1.29 is 14.7 Å². The molecule has 0 radical (unpaired) electrons. The summed E-state index contributed by atoms with van der Waals surface area (Å²) in [6.07, 6.45) is 5.91. The Kier molecular flexibility index (Phi) is 7.74. The van der Waals surface area contributed by atoms with Crippen LogP contribution in [0, 0.1) is 0 Å². The Balaban J connectivity index is 0.00000105. The third-order valence-corrected chi connectivity index (χ3v) is 7.87. The van der Waals surface area contributed by atoms with Gasteiger partial charge in [0, 0.05) is 47.1 Å². The largest absolute Gasteiger partial charge is 0.483 e. The number of hydrogen-bond acceptors (Lipinski definition) is 8. The molecule has 2 aliphatic heterocycles. The van der Waals surface area contributed by atoms with Gasteiger partial charge in [-0.15, -0.1) is 5.10 Å². The molecule has 43 heavy (non-hydrogen) atoms. The minimum absolute atomic E-state index is 0.0795. The van der Waals surface area contributed by atoms with Crippen molar-refractivity contribution in [1.29, 1.82) is 0 Å². The van der Waals surface area contributed by atoms with Crippen LogP contribution in [0.1, 0.15) is 36.8 Å². The second-order valence-corrected chi connectivity index (χ2v) is 10.7. The number of pyridine rings is 2. The lowest BCUT2D eigenvalue weighted by atomic mass is 10.0. The predicted molar refractivity (Wildman–Crippen MR) is 157 cm³/mol. The topological polar surface area (TPSA) is 165 Å². The van der Waals surface area contributed by atoms with E-state index in [9.17, 15) is 9.59 Å². The molecular weight excluding hydrogens is 597 g/mol. The van der Waals surface area contributed by atoms with E-state index in [0.717, 1.165) is 28.8 Å². The summed E-state index contributed by atoms with van der Waals surface area (Å²) < 4.78 is 3.29. The van der Waals surface area contributed by atoms with E-state index in [2.05, 4.69) is 25.5 Å². The number of rotatable bonds is 5. The number of aromatic amines is 1. The van der Waals surface area contributed by atoms with Crippen LogP contribution in [-0.2, 0) is 16.0 Å². The van der Waals surface area contributed by atoms with E-state index in [1.54, 1.807) is 39.9 Å². The van der Waals surface area contributed by atoms with Crippen molar-refractivity contribution >= 4 is 41.4 Å². The number of hydrogen-bond donors (Lipinski definition) is 2. The third-order valence-electron chi connectivity index (χ3n) is 7.36. The molecule has 0 aliphatic carbocycles. The summed E-state index contributed by atoms with van der Waals surface area (Å²) in [5.41, 5.74) is 4.18. The first-order chi connectivity index (χ1) is 20.9. The summed E-state index contributed by atoms with van der Waals surface area (Å²) in [5.74, 6) is 1.30. The monoisotopic (exact) mass is 619 g/mol. The Morgan fingerprint density at radius 1 is 1.05 bits per heavy atom. The van der Waals surface area contributed by atoms with Gasteiger partial charge in [-0.2, -0.15) is 4.68 Å². The van der Waals surface area contributed by atoms with Crippen molar-refractivity contribution in [3.63, 3.8) is 0 Å². The molecule has 15 heteroatoms. The van der Waals surface area contributed by atoms with Gasteiger partial charge in [0.15, 0.2) is 0 Å². The fourth-order valence-corrected chi connectivity index (χ4v) is 5.93. The molecular formula is C28H23Cl2N9O4. The van der Waals surface area contributed by atoms with Crippen LogP contribution in [0.15, 0.2) is 59.8 Å². The Bertz CT molecular complexity index is 1870. The zero-order valence-electron chi connectivity index (χ0n) is 22.4. The van der Waals surface area contributed by atoms with E-state index < -0.39 is 0 Å². The highest BCUT2D eigenvalue weighted by molar-refractivity contribution is 6.32. The standard InChI is InChI=1S/C27H21Cl2N9O2.CH2O2/c28-17-4-6-20(37-14-31-34-35-37)19(12-17)16-10-18-5-7-21(38(18)24(40)11-16)27-32-25(26(29)33-27)15-3-8-22(30-13-15)36-9-1-2-23(36)39;2-1-3/h3-4,6,8,10-14,21H,1-2,5,7,9H2,(H,32,33);1H,(H,2,3)/t21-;/m0./s1. The molecule has 1 amide bonds. The molecule has 7 rings (SSSR count). The number of tetrazole rings is 1. The SMILES string of the molecule is O=C1CCCN1c1ccc(-c2nc([C@@H]3CCc4cc(-c5cc(Cl)ccc5-n5cnnn5)cc(=O)n43)[nH]c2Cl)cn1.O=CO. The fraction of sp³-hybridized carbons (Fsp3) is 0.214. The molecule has 0 bridgehead atoms. The number of halogens is 2. The third kappa shape index (κ3) is 5.40. The lowest BCUT2D eigenvalue weighted by Gasteiger charge is -2.15. The van der Waals surface area contributed by atoms with E-state index in [4.69, 9.17) is 38.1 Å². The Labute approximate surface area is 253 Å². The van der Waals surface area contributed by atoms with Gasteiger partial charge in [0.05, 0.1) is 11.7 Å². The number of benzene rings is 1. The Hall–Kier alpha value is -4.88. The van der Waals surface area contributed by atoms with Crippen molar-refractivity contribution in [3.05, 3.63) is 87.0 Å². The average molecular weight is 620 g/mol. The maximum Gasteiger partial charge on any atom is 0.290 e. The molecule has 2 aliphatic rings. The number of carbonyl (C=O) groups is 2. The number of anilines is 1. The molecule has 1 atom stereocenters. The number of aryl methyl sites for hydroxylation is 1. The highest BCUT2D eigenvalue weighted by Crippen LogP contribution is 2.36. The highest BCUT2D eigenvalue weighted by Gasteiger charge is 2.29. The Morgan fingerprint density at radius 2 is 1.88 bits per heavy atom. The first-order valence-electron chi connectivity index (χ1n) is 13.3. The van der Waals surface area contributed by atoms with Gasteiger partial charge in [-0.1, -0.05) is 23.2 Å². The quantitative estimate of drug-likeness (QED) is 0.277. The molecule has 5 aromatic rings. The lowest BCUT2D eigenvalue weighted by molar-refractivity contribution is -0.123. The van der Waals surface area contributed by atoms with Crippen LogP contribution < -0.4 is 10.5 Å². The minimum atomic E-state index is -0.296. The normalized spacial score (nSPS) is 15.7. The van der Waals surface area contributed by atoms with Crippen LogP contribution in [0.4, 0.5) is 5.82 Å². The first kappa shape index (κ1) is 28.2. The number of nitrogens with zero attached hydrogens (tertiary/aromatic N) is 8. The number of H-pyrrole nitrogens is 1. The summed E-state index contributed by atoms with van der Waals surface area (Å²) in [5, 5.41) is 19.2. The molecule has 2 N–H and O–H groups in total. The van der Waals surface area contributed by atoms with Gasteiger partial charge in [-0.25, -0.2) is 9.97 Å². The van der Waals surface area contributed by atoms with Gasteiger partial charge >= 0.3 is 0 Å². The summed E-state index contributed by atoms with van der Waals surface area (Å²) in [4.78, 5) is 48.0. The van der Waals surface area contributed by atoms with Crippen LogP contribution in [0.25, 0.3) is 28.1 Å². The number of carboxylic acid groups (broad SMARTS) is 1. The molecule has 13 nitrogen and oxygen atoms in total. The van der Waals surface area contributed by atoms with E-state index in [-0.39, 0.29) is 24.0 Å². The highest BCUT2D eigenvalue weighted by atomic mass is 35.5. The average Bonchev–Trinajstić information content (AvgIpc) is 3.81. The van der Waals surface area contributed by atoms with Crippen LogP contribution >= 0.6 is 23.2 Å². The van der Waals surface area contributed by atoms with Crippen molar-refractivity contribution in [2.45, 2.75) is 31.7 Å². The smallest absolute Gasteiger partial charge is 0.290 e. The maximum atomic E-state index is 13.5. The van der Waals surface area contributed by atoms with Gasteiger partial charge in [0.25, 0.3) is 12.0 Å². The van der Waals surface area contributed by atoms with Gasteiger partial charge in [-0.05, 0) is 71.7 Å².